The van der Waals surface area contributed by atoms with Crippen molar-refractivity contribution in [1.29, 1.82) is 0 Å². The molecule has 23 heavy (non-hydrogen) atoms. The van der Waals surface area contributed by atoms with Crippen LogP contribution >= 0.6 is 0 Å². The Morgan fingerprint density at radius 3 is 2.43 bits per heavy atom. The van der Waals surface area contributed by atoms with Crippen LogP contribution in [0.5, 0.6) is 0 Å². The number of aryl methyl sites for hydroxylation is 1. The summed E-state index contributed by atoms with van der Waals surface area (Å²) in [6, 6.07) is 13.4. The smallest absolute Gasteiger partial charge is 0.273 e. The molecule has 2 rings (SSSR count). The molecule has 0 saturated heterocycles. The van der Waals surface area contributed by atoms with Crippen molar-refractivity contribution in [3.05, 3.63) is 70.3 Å². The average molecular weight is 310 g/mol. The first-order chi connectivity index (χ1) is 11.0. The molecule has 4 heteroatoms. The van der Waals surface area contributed by atoms with Gasteiger partial charge in [-0.25, -0.2) is 5.43 Å². The lowest BCUT2D eigenvalue weighted by atomic mass is 10.00. The number of amides is 1. The maximum Gasteiger partial charge on any atom is 0.273 e. The minimum atomic E-state index is -0.672. The molecule has 0 aliphatic heterocycles. The molecule has 0 unspecified atom stereocenters. The van der Waals surface area contributed by atoms with Gasteiger partial charge in [-0.15, -0.1) is 0 Å². The Balaban J connectivity index is 2.08. The first kappa shape index (κ1) is 16.9. The van der Waals surface area contributed by atoms with Crippen LogP contribution < -0.4 is 5.43 Å². The molecule has 0 aromatic heterocycles. The number of carbonyl (C=O) groups is 1. The Kier molecular flexibility index (Phi) is 5.66. The number of hydrogen-bond acceptors (Lipinski definition) is 3. The highest BCUT2D eigenvalue weighted by Crippen LogP contribution is 2.17. The molecule has 0 fully saturated rings. The predicted octanol–water partition coefficient (Wildman–Crippen LogP) is 3.45. The summed E-state index contributed by atoms with van der Waals surface area (Å²) in [5, 5.41) is 4.06. The van der Waals surface area contributed by atoms with E-state index in [9.17, 15) is 4.79 Å². The Labute approximate surface area is 137 Å². The summed E-state index contributed by atoms with van der Waals surface area (Å²) in [6.07, 6.45) is 0.992. The number of rotatable bonds is 5. The van der Waals surface area contributed by atoms with Crippen molar-refractivity contribution in [3.8, 4) is 0 Å². The Bertz CT molecular complexity index is 709. The average Bonchev–Trinajstić information content (AvgIpc) is 2.56. The first-order valence-corrected chi connectivity index (χ1v) is 7.52. The molecule has 0 radical (unpaired) electrons. The maximum atomic E-state index is 12.2. The van der Waals surface area contributed by atoms with Crippen LogP contribution in [-0.4, -0.2) is 19.2 Å². The zero-order chi connectivity index (χ0) is 16.8. The van der Waals surface area contributed by atoms with Gasteiger partial charge in [0.25, 0.3) is 5.91 Å². The molecule has 1 atom stereocenters. The van der Waals surface area contributed by atoms with E-state index in [1.807, 2.05) is 49.4 Å². The molecule has 2 aromatic rings. The number of benzene rings is 2. The van der Waals surface area contributed by atoms with E-state index in [0.29, 0.717) is 0 Å². The minimum absolute atomic E-state index is 0.295. The molecule has 2 aromatic carbocycles. The number of nitrogens with zero attached hydrogens (tertiary/aromatic N) is 1. The summed E-state index contributed by atoms with van der Waals surface area (Å²) in [7, 11) is 1.51. The number of carbonyl (C=O) groups excluding carboxylic acids is 1. The molecule has 0 heterocycles. The number of methoxy groups -OCH3 is 1. The monoisotopic (exact) mass is 310 g/mol. The Morgan fingerprint density at radius 2 is 1.78 bits per heavy atom. The predicted molar refractivity (Wildman–Crippen MR) is 92.6 cm³/mol. The van der Waals surface area contributed by atoms with E-state index < -0.39 is 6.10 Å². The normalized spacial score (nSPS) is 12.3. The SMILES string of the molecule is CO[C@@H](C(=O)NN=Cc1ccc(C)c(C)c1C)c1ccccc1. The zero-order valence-electron chi connectivity index (χ0n) is 14.0. The van der Waals surface area contributed by atoms with Crippen LogP contribution in [0.3, 0.4) is 0 Å². The number of nitrogens with one attached hydrogen (secondary N) is 1. The van der Waals surface area contributed by atoms with Crippen LogP contribution in [0.1, 0.15) is 33.9 Å². The second-order valence-corrected chi connectivity index (χ2v) is 5.48. The van der Waals surface area contributed by atoms with Gasteiger partial charge in [0.15, 0.2) is 6.10 Å². The van der Waals surface area contributed by atoms with Gasteiger partial charge in [0.1, 0.15) is 0 Å². The van der Waals surface area contributed by atoms with E-state index in [0.717, 1.165) is 16.7 Å². The van der Waals surface area contributed by atoms with Crippen LogP contribution in [0.15, 0.2) is 47.6 Å². The molecule has 1 amide bonds. The molecular weight excluding hydrogens is 288 g/mol. The number of hydrazone groups is 1. The lowest BCUT2D eigenvalue weighted by molar-refractivity contribution is -0.131. The second-order valence-electron chi connectivity index (χ2n) is 5.48. The summed E-state index contributed by atoms with van der Waals surface area (Å²) in [4.78, 5) is 12.2. The largest absolute Gasteiger partial charge is 0.367 e. The van der Waals surface area contributed by atoms with Gasteiger partial charge in [0, 0.05) is 7.11 Å². The van der Waals surface area contributed by atoms with Gasteiger partial charge in [0.2, 0.25) is 0 Å². The first-order valence-electron chi connectivity index (χ1n) is 7.52. The van der Waals surface area contributed by atoms with Crippen molar-refractivity contribution in [2.45, 2.75) is 26.9 Å². The quantitative estimate of drug-likeness (QED) is 0.679. The maximum absolute atomic E-state index is 12.2. The highest BCUT2D eigenvalue weighted by molar-refractivity contribution is 5.86. The van der Waals surface area contributed by atoms with Gasteiger partial charge in [-0.1, -0.05) is 42.5 Å². The van der Waals surface area contributed by atoms with Crippen LogP contribution in [0.4, 0.5) is 0 Å². The van der Waals surface area contributed by atoms with Crippen molar-refractivity contribution in [2.24, 2.45) is 5.10 Å². The van der Waals surface area contributed by atoms with E-state index in [-0.39, 0.29) is 5.91 Å². The summed E-state index contributed by atoms with van der Waals surface area (Å²) in [5.74, 6) is -0.295. The van der Waals surface area contributed by atoms with E-state index >= 15 is 0 Å². The van der Waals surface area contributed by atoms with Crippen LogP contribution in [-0.2, 0) is 9.53 Å². The summed E-state index contributed by atoms with van der Waals surface area (Å²) in [6.45, 7) is 6.21. The minimum Gasteiger partial charge on any atom is -0.367 e. The number of hydrogen-bond donors (Lipinski definition) is 1. The lowest BCUT2D eigenvalue weighted by Gasteiger charge is -2.13. The van der Waals surface area contributed by atoms with Crippen molar-refractivity contribution in [1.82, 2.24) is 5.43 Å². The third kappa shape index (κ3) is 4.05. The fourth-order valence-electron chi connectivity index (χ4n) is 2.36. The molecule has 4 nitrogen and oxygen atoms in total. The van der Waals surface area contributed by atoms with Crippen LogP contribution in [0, 0.1) is 20.8 Å². The van der Waals surface area contributed by atoms with Gasteiger partial charge in [-0.2, -0.15) is 5.10 Å². The van der Waals surface area contributed by atoms with E-state index in [2.05, 4.69) is 24.4 Å². The zero-order valence-corrected chi connectivity index (χ0v) is 14.0. The molecule has 120 valence electrons. The second kappa shape index (κ2) is 7.70. The van der Waals surface area contributed by atoms with Gasteiger partial charge >= 0.3 is 0 Å². The standard InChI is InChI=1S/C19H22N2O2/c1-13-10-11-17(15(3)14(13)2)12-20-21-19(22)18(23-4)16-8-6-5-7-9-16/h5-12,18H,1-4H3,(H,21,22)/t18-/m1/s1. The summed E-state index contributed by atoms with van der Waals surface area (Å²) < 4.78 is 5.27. The van der Waals surface area contributed by atoms with Crippen molar-refractivity contribution in [3.63, 3.8) is 0 Å². The molecular formula is C19H22N2O2. The fourth-order valence-corrected chi connectivity index (χ4v) is 2.36. The van der Waals surface area contributed by atoms with E-state index in [1.54, 1.807) is 6.21 Å². The summed E-state index contributed by atoms with van der Waals surface area (Å²) in [5.41, 5.74) is 7.97. The molecule has 0 spiro atoms. The molecule has 1 N–H and O–H groups in total. The Hall–Kier alpha value is -2.46. The van der Waals surface area contributed by atoms with Gasteiger partial charge < -0.3 is 4.74 Å². The Morgan fingerprint density at radius 1 is 1.09 bits per heavy atom. The highest BCUT2D eigenvalue weighted by Gasteiger charge is 2.19. The fraction of sp³-hybridized carbons (Fsp3) is 0.263. The van der Waals surface area contributed by atoms with Crippen molar-refractivity contribution >= 4 is 12.1 Å². The van der Waals surface area contributed by atoms with Gasteiger partial charge in [-0.3, -0.25) is 4.79 Å². The lowest BCUT2D eigenvalue weighted by Crippen LogP contribution is -2.26. The third-order valence-electron chi connectivity index (χ3n) is 4.05. The molecule has 0 aliphatic rings. The third-order valence-corrected chi connectivity index (χ3v) is 4.05. The molecule has 0 saturated carbocycles. The van der Waals surface area contributed by atoms with Crippen molar-refractivity contribution < 1.29 is 9.53 Å². The molecule has 0 aliphatic carbocycles. The van der Waals surface area contributed by atoms with Crippen LogP contribution in [0.25, 0.3) is 0 Å². The van der Waals surface area contributed by atoms with Gasteiger partial charge in [0.05, 0.1) is 6.21 Å². The summed E-state index contributed by atoms with van der Waals surface area (Å²) >= 11 is 0. The van der Waals surface area contributed by atoms with Crippen LogP contribution in [0.2, 0.25) is 0 Å². The molecule has 0 bridgehead atoms. The topological polar surface area (TPSA) is 50.7 Å². The van der Waals surface area contributed by atoms with Crippen molar-refractivity contribution in [2.75, 3.05) is 7.11 Å². The van der Waals surface area contributed by atoms with E-state index in [4.69, 9.17) is 4.74 Å². The highest BCUT2D eigenvalue weighted by atomic mass is 16.5. The van der Waals surface area contributed by atoms with E-state index in [1.165, 1.54) is 18.2 Å². The number of ether oxygens (including phenoxy) is 1. The van der Waals surface area contributed by atoms with Gasteiger partial charge in [-0.05, 0) is 48.6 Å².